The van der Waals surface area contributed by atoms with Gasteiger partial charge in [0.15, 0.2) is 5.03 Å². The van der Waals surface area contributed by atoms with Crippen molar-refractivity contribution in [1.82, 2.24) is 10.3 Å². The minimum atomic E-state index is -0.780. The predicted octanol–water partition coefficient (Wildman–Crippen LogP) is 0.974. The Hall–Kier alpha value is -2.14. The maximum absolute atomic E-state index is 12.5. The zero-order chi connectivity index (χ0) is 21.6. The topological polar surface area (TPSA) is 166 Å². The average Bonchev–Trinajstić information content (AvgIpc) is 2.68. The molecule has 1 atom stereocenters. The second-order valence-electron chi connectivity index (χ2n) is 7.20. The number of nitrogens with zero attached hydrogens (tertiary/aromatic N) is 3. The zero-order valence-corrected chi connectivity index (χ0v) is 18.4. The van der Waals surface area contributed by atoms with Crippen LogP contribution in [0, 0.1) is 16.0 Å². The van der Waals surface area contributed by atoms with Gasteiger partial charge >= 0.3 is 5.97 Å². The molecule has 0 aliphatic carbocycles. The molecule has 0 aromatic carbocycles. The number of esters is 1. The smallest absolute Gasteiger partial charge is 0.305 e. The van der Waals surface area contributed by atoms with Crippen LogP contribution in [0.4, 0.5) is 0 Å². The van der Waals surface area contributed by atoms with Crippen molar-refractivity contribution in [2.45, 2.75) is 64.3 Å². The van der Waals surface area contributed by atoms with E-state index in [4.69, 9.17) is 16.2 Å². The number of nitro groups is 1. The van der Waals surface area contributed by atoms with Gasteiger partial charge in [0.05, 0.1) is 12.6 Å². The molecule has 0 spiro atoms. The number of hydrogen-bond donors (Lipinski definition) is 3. The molecule has 0 radical (unpaired) electrons. The lowest BCUT2D eigenvalue weighted by molar-refractivity contribution is -0.525. The number of carbonyl (C=O) groups is 2. The van der Waals surface area contributed by atoms with E-state index in [0.29, 0.717) is 44.9 Å². The van der Waals surface area contributed by atoms with Gasteiger partial charge in [-0.3, -0.25) is 9.59 Å². The Morgan fingerprint density at radius 3 is 2.57 bits per heavy atom. The summed E-state index contributed by atoms with van der Waals surface area (Å²) in [5.74, 6) is 0.110. The van der Waals surface area contributed by atoms with Crippen molar-refractivity contribution >= 4 is 30.2 Å². The van der Waals surface area contributed by atoms with Gasteiger partial charge in [-0.2, -0.15) is 0 Å². The van der Waals surface area contributed by atoms with Gasteiger partial charge in [-0.1, -0.05) is 18.3 Å². The Bertz CT molecular complexity index is 569. The number of ether oxygens (including phenoxy) is 1. The molecule has 1 rings (SSSR count). The number of amides is 1. The van der Waals surface area contributed by atoms with Crippen LogP contribution in [0.1, 0.15) is 58.3 Å². The van der Waals surface area contributed by atoms with Crippen molar-refractivity contribution in [1.29, 1.82) is 0 Å². The van der Waals surface area contributed by atoms with Gasteiger partial charge in [0.1, 0.15) is 0 Å². The van der Waals surface area contributed by atoms with Gasteiger partial charge in [0.2, 0.25) is 5.91 Å². The molecule has 5 N–H and O–H groups in total. The Balaban J connectivity index is 0.00000841. The number of guanidine groups is 1. The molecule has 0 aromatic rings. The average molecular weight is 451 g/mol. The van der Waals surface area contributed by atoms with Crippen molar-refractivity contribution in [3.05, 3.63) is 10.1 Å². The Morgan fingerprint density at radius 2 is 1.97 bits per heavy atom. The van der Waals surface area contributed by atoms with Gasteiger partial charge in [-0.15, -0.1) is 12.4 Å². The maximum Gasteiger partial charge on any atom is 0.305 e. The van der Waals surface area contributed by atoms with Crippen molar-refractivity contribution < 1.29 is 19.4 Å². The highest BCUT2D eigenvalue weighted by atomic mass is 35.5. The molecule has 1 heterocycles. The highest BCUT2D eigenvalue weighted by Crippen LogP contribution is 2.23. The second kappa shape index (κ2) is 15.7. The molecular weight excluding hydrogens is 416 g/mol. The number of rotatable bonds is 12. The monoisotopic (exact) mass is 450 g/mol. The van der Waals surface area contributed by atoms with Crippen molar-refractivity contribution in [3.63, 3.8) is 0 Å². The molecule has 0 unspecified atom stereocenters. The molecule has 0 saturated carbocycles. The van der Waals surface area contributed by atoms with Crippen LogP contribution >= 0.6 is 12.4 Å². The van der Waals surface area contributed by atoms with Crippen LogP contribution in [0.2, 0.25) is 0 Å². The number of nitrogens with one attached hydrogen (secondary N) is 1. The largest absolute Gasteiger partial charge is 0.466 e. The van der Waals surface area contributed by atoms with Gasteiger partial charge in [-0.25, -0.2) is 15.1 Å². The van der Waals surface area contributed by atoms with Crippen LogP contribution in [-0.4, -0.2) is 60.1 Å². The van der Waals surface area contributed by atoms with E-state index in [-0.39, 0.29) is 36.8 Å². The summed E-state index contributed by atoms with van der Waals surface area (Å²) in [6.45, 7) is 3.90. The molecule has 1 fully saturated rings. The lowest BCUT2D eigenvalue weighted by Gasteiger charge is -2.33. The highest BCUT2D eigenvalue weighted by Gasteiger charge is 2.25. The SMILES string of the molecule is CCOC(=O)CCCCC1CCN(C(=O)[C@@H](N)CCCN=C(N)N[N+](=O)[O-])CC1.Cl. The number of likely N-dealkylation sites (tertiary alicyclic amines) is 1. The van der Waals surface area contributed by atoms with Crippen molar-refractivity contribution in [2.24, 2.45) is 22.4 Å². The summed E-state index contributed by atoms with van der Waals surface area (Å²) in [5, 5.41) is 9.43. The fraction of sp³-hybridized carbons (Fsp3) is 0.833. The van der Waals surface area contributed by atoms with Crippen LogP contribution in [0.3, 0.4) is 0 Å². The summed E-state index contributed by atoms with van der Waals surface area (Å²) in [5.41, 5.74) is 13.1. The predicted molar refractivity (Wildman–Crippen MR) is 115 cm³/mol. The third-order valence-electron chi connectivity index (χ3n) is 4.95. The fourth-order valence-electron chi connectivity index (χ4n) is 3.38. The first kappa shape index (κ1) is 27.9. The molecule has 174 valence electrons. The van der Waals surface area contributed by atoms with Gasteiger partial charge < -0.3 is 21.1 Å². The Kier molecular flexibility index (Phi) is 14.5. The van der Waals surface area contributed by atoms with Gasteiger partial charge in [-0.05, 0) is 44.9 Å². The van der Waals surface area contributed by atoms with Crippen LogP contribution in [0.25, 0.3) is 0 Å². The number of halogens is 1. The van der Waals surface area contributed by atoms with E-state index in [0.717, 1.165) is 32.1 Å². The third kappa shape index (κ3) is 11.8. The van der Waals surface area contributed by atoms with E-state index in [2.05, 4.69) is 4.99 Å². The Morgan fingerprint density at radius 1 is 1.30 bits per heavy atom. The zero-order valence-electron chi connectivity index (χ0n) is 17.6. The molecule has 12 heteroatoms. The second-order valence-corrected chi connectivity index (χ2v) is 7.20. The number of hydrazine groups is 1. The van der Waals surface area contributed by atoms with Crippen LogP contribution < -0.4 is 16.9 Å². The molecule has 1 aliphatic heterocycles. The molecule has 30 heavy (non-hydrogen) atoms. The number of aliphatic imine (C=N–C) groups is 1. The first-order valence-corrected chi connectivity index (χ1v) is 10.2. The molecule has 11 nitrogen and oxygen atoms in total. The third-order valence-corrected chi connectivity index (χ3v) is 4.95. The molecule has 0 bridgehead atoms. The van der Waals surface area contributed by atoms with E-state index in [9.17, 15) is 19.7 Å². The number of unbranched alkanes of at least 4 members (excludes halogenated alkanes) is 1. The number of carbonyl (C=O) groups excluding carboxylic acids is 2. The van der Waals surface area contributed by atoms with E-state index in [1.54, 1.807) is 12.3 Å². The number of piperidine rings is 1. The van der Waals surface area contributed by atoms with Crippen LogP contribution in [0.15, 0.2) is 4.99 Å². The van der Waals surface area contributed by atoms with E-state index in [1.807, 2.05) is 4.90 Å². The first-order valence-electron chi connectivity index (χ1n) is 10.2. The lowest BCUT2D eigenvalue weighted by atomic mass is 9.91. The van der Waals surface area contributed by atoms with Crippen molar-refractivity contribution in [3.8, 4) is 0 Å². The van der Waals surface area contributed by atoms with E-state index < -0.39 is 11.1 Å². The summed E-state index contributed by atoms with van der Waals surface area (Å²) in [7, 11) is 0. The van der Waals surface area contributed by atoms with E-state index >= 15 is 0 Å². The lowest BCUT2D eigenvalue weighted by Crippen LogP contribution is -2.47. The summed E-state index contributed by atoms with van der Waals surface area (Å²) < 4.78 is 4.92. The molecule has 0 aromatic heterocycles. The number of nitrogens with two attached hydrogens (primary N) is 2. The summed E-state index contributed by atoms with van der Waals surface area (Å²) in [6.07, 6.45) is 6.23. The normalized spacial score (nSPS) is 15.8. The highest BCUT2D eigenvalue weighted by molar-refractivity contribution is 5.85. The number of hydrogen-bond acceptors (Lipinski definition) is 7. The molecule has 1 amide bonds. The summed E-state index contributed by atoms with van der Waals surface area (Å²) in [4.78, 5) is 39.6. The minimum Gasteiger partial charge on any atom is -0.466 e. The minimum absolute atomic E-state index is 0. The van der Waals surface area contributed by atoms with E-state index in [1.165, 1.54) is 0 Å². The van der Waals surface area contributed by atoms with Crippen LogP contribution in [-0.2, 0) is 14.3 Å². The fourth-order valence-corrected chi connectivity index (χ4v) is 3.38. The maximum atomic E-state index is 12.5. The van der Waals surface area contributed by atoms with Gasteiger partial charge in [0.25, 0.3) is 5.96 Å². The Labute approximate surface area is 183 Å². The molecule has 1 saturated heterocycles. The summed E-state index contributed by atoms with van der Waals surface area (Å²) >= 11 is 0. The molecule has 1 aliphatic rings. The summed E-state index contributed by atoms with van der Waals surface area (Å²) in [6, 6.07) is -0.601. The van der Waals surface area contributed by atoms with Crippen molar-refractivity contribution in [2.75, 3.05) is 26.2 Å². The standard InChI is InChI=1S/C18H34N6O5.ClH/c1-2-29-16(25)8-4-3-6-14-9-12-23(13-10-14)17(26)15(19)7-5-11-21-18(20)22-24(27)28;/h14-15H,2-13,19H2,1H3,(H3,20,21,22);1H/t15-;/m0./s1. The first-order chi connectivity index (χ1) is 13.8. The van der Waals surface area contributed by atoms with Gasteiger partial charge in [0, 0.05) is 26.1 Å². The quantitative estimate of drug-likeness (QED) is 0.0986. The molecular formula is C18H35ClN6O5. The van der Waals surface area contributed by atoms with Crippen LogP contribution in [0.5, 0.6) is 0 Å².